The minimum atomic E-state index is -0.274. The first kappa shape index (κ1) is 72.5. The fourth-order valence-electron chi connectivity index (χ4n) is 10.5. The van der Waals surface area contributed by atoms with Crippen molar-refractivity contribution in [2.45, 2.75) is 137 Å². The minimum absolute atomic E-state index is 0.0386. The van der Waals surface area contributed by atoms with Crippen molar-refractivity contribution in [2.75, 3.05) is 0 Å². The van der Waals surface area contributed by atoms with Gasteiger partial charge in [0.1, 0.15) is 46.2 Å². The summed E-state index contributed by atoms with van der Waals surface area (Å²) in [5.41, 5.74) is 15.6. The van der Waals surface area contributed by atoms with Crippen molar-refractivity contribution in [1.82, 2.24) is 25.7 Å². The standard InChI is InChI=1S/C21H20FNO2.C21H16FNO2.C20H18FNO2.C18H23FN2OS/c2*1-14(24)21-20(15(2)25-23-21)13-18-7-5-16(6-8-18)3-4-17-9-11-19(22)12-10-17;1-13(23)20-19(14(2)24-22-20)12-17-5-3-15(4-6-17)11-16-7-9-18(21)10-8-16;1-4-5-6-7-16(14-8-10-15(19)11-9-14)23-18-12(2)20-21-17(18)13(3)22/h5-12H,3-4,13H2,1-2H3;5-12H,13H2,1-2H3;3-10H,11-12H2,1-2H3;8-11,16H,4-7H2,1-3H3,(H,20,21). The van der Waals surface area contributed by atoms with Crippen molar-refractivity contribution in [3.63, 3.8) is 0 Å². The molecule has 0 bridgehead atoms. The molecule has 0 aliphatic carbocycles. The molecule has 0 saturated heterocycles. The topological polar surface area (TPSA) is 175 Å². The Morgan fingerprint density at radius 1 is 0.423 bits per heavy atom. The Bertz CT molecular complexity index is 4470. The highest BCUT2D eigenvalue weighted by atomic mass is 32.2. The van der Waals surface area contributed by atoms with Crippen LogP contribution in [-0.2, 0) is 38.5 Å². The molecule has 0 spiro atoms. The van der Waals surface area contributed by atoms with Crippen LogP contribution < -0.4 is 0 Å². The summed E-state index contributed by atoms with van der Waals surface area (Å²) in [6.45, 7) is 15.6. The molecule has 1 atom stereocenters. The van der Waals surface area contributed by atoms with E-state index < -0.39 is 0 Å². The van der Waals surface area contributed by atoms with E-state index in [2.05, 4.69) is 80.8 Å². The first-order valence-electron chi connectivity index (χ1n) is 32.0. The van der Waals surface area contributed by atoms with Crippen LogP contribution >= 0.6 is 11.8 Å². The molecule has 1 N–H and O–H groups in total. The smallest absolute Gasteiger partial charge is 0.181 e. The van der Waals surface area contributed by atoms with Gasteiger partial charge in [-0.15, -0.1) is 11.8 Å². The Labute approximate surface area is 567 Å². The fourth-order valence-corrected chi connectivity index (χ4v) is 11.9. The summed E-state index contributed by atoms with van der Waals surface area (Å²) in [6.07, 6.45) is 8.77. The Hall–Kier alpha value is -10.3. The van der Waals surface area contributed by atoms with Gasteiger partial charge >= 0.3 is 0 Å². The quantitative estimate of drug-likeness (QED) is 0.0224. The zero-order valence-corrected chi connectivity index (χ0v) is 56.7. The van der Waals surface area contributed by atoms with Crippen molar-refractivity contribution in [3.8, 4) is 11.8 Å². The van der Waals surface area contributed by atoms with Gasteiger partial charge in [-0.3, -0.25) is 24.3 Å². The van der Waals surface area contributed by atoms with Crippen molar-refractivity contribution in [3.05, 3.63) is 311 Å². The first-order valence-corrected chi connectivity index (χ1v) is 32.9. The van der Waals surface area contributed by atoms with Crippen LogP contribution in [0.15, 0.2) is 188 Å². The largest absolute Gasteiger partial charge is 0.361 e. The molecular formula is C80H77F4N5O7S. The molecule has 97 heavy (non-hydrogen) atoms. The number of rotatable bonds is 22. The average Bonchev–Trinajstić information content (AvgIpc) is 1.76. The van der Waals surface area contributed by atoms with Crippen LogP contribution in [0.4, 0.5) is 17.6 Å². The third-order valence-corrected chi connectivity index (χ3v) is 17.6. The molecule has 0 saturated carbocycles. The summed E-state index contributed by atoms with van der Waals surface area (Å²) in [5, 5.41) is 18.7. The predicted octanol–water partition coefficient (Wildman–Crippen LogP) is 19.0. The van der Waals surface area contributed by atoms with E-state index in [0.717, 1.165) is 116 Å². The normalized spacial score (nSPS) is 11.0. The Balaban J connectivity index is 0.000000165. The van der Waals surface area contributed by atoms with Crippen molar-refractivity contribution in [2.24, 2.45) is 0 Å². The van der Waals surface area contributed by atoms with Gasteiger partial charge in [0, 0.05) is 85.7 Å². The second kappa shape index (κ2) is 35.4. The molecule has 0 aliphatic rings. The summed E-state index contributed by atoms with van der Waals surface area (Å²) in [7, 11) is 0. The highest BCUT2D eigenvalue weighted by Crippen LogP contribution is 2.42. The molecule has 11 aromatic rings. The first-order chi connectivity index (χ1) is 46.6. The van der Waals surface area contributed by atoms with E-state index in [4.69, 9.17) is 13.6 Å². The highest BCUT2D eigenvalue weighted by molar-refractivity contribution is 7.99. The number of halogens is 4. The fraction of sp³-hybridized carbons (Fsp3) is 0.250. The molecule has 0 fully saturated rings. The number of Topliss-reactive ketones (excluding diaryl/α,β-unsaturated/α-hetero) is 4. The van der Waals surface area contributed by atoms with Crippen LogP contribution in [0, 0.1) is 62.8 Å². The van der Waals surface area contributed by atoms with Crippen LogP contribution in [0.2, 0.25) is 0 Å². The van der Waals surface area contributed by atoms with Gasteiger partial charge in [-0.05, 0) is 171 Å². The predicted molar refractivity (Wildman–Crippen MR) is 369 cm³/mol. The Morgan fingerprint density at radius 3 is 1.10 bits per heavy atom. The van der Waals surface area contributed by atoms with Crippen molar-refractivity contribution >= 4 is 34.9 Å². The zero-order valence-electron chi connectivity index (χ0n) is 55.9. The lowest BCUT2D eigenvalue weighted by Gasteiger charge is -2.17. The van der Waals surface area contributed by atoms with E-state index in [0.29, 0.717) is 59.3 Å². The molecular weight excluding hydrogens is 1250 g/mol. The maximum atomic E-state index is 13.2. The number of nitrogens with one attached hydrogen (secondary N) is 1. The third-order valence-electron chi connectivity index (χ3n) is 16.0. The third kappa shape index (κ3) is 21.6. The van der Waals surface area contributed by atoms with Gasteiger partial charge in [0.15, 0.2) is 40.2 Å². The molecule has 1 unspecified atom stereocenters. The molecule has 11 rings (SSSR count). The number of carbonyl (C=O) groups excluding carboxylic acids is 4. The van der Waals surface area contributed by atoms with Gasteiger partial charge in [-0.2, -0.15) is 5.10 Å². The number of ketones is 4. The van der Waals surface area contributed by atoms with Crippen LogP contribution in [0.25, 0.3) is 0 Å². The molecule has 0 radical (unpaired) electrons. The van der Waals surface area contributed by atoms with E-state index in [1.165, 1.54) is 88.2 Å². The van der Waals surface area contributed by atoms with E-state index in [9.17, 15) is 36.7 Å². The van der Waals surface area contributed by atoms with E-state index in [-0.39, 0.29) is 51.7 Å². The Kier molecular flexibility index (Phi) is 26.5. The number of aromatic nitrogens is 5. The summed E-state index contributed by atoms with van der Waals surface area (Å²) in [4.78, 5) is 47.5. The van der Waals surface area contributed by atoms with Gasteiger partial charge in [0.05, 0.1) is 4.90 Å². The van der Waals surface area contributed by atoms with Crippen molar-refractivity contribution in [1.29, 1.82) is 0 Å². The van der Waals surface area contributed by atoms with E-state index >= 15 is 0 Å². The SMILES string of the molecule is CC(=O)c1noc(C)c1Cc1ccc(C#Cc2ccc(F)cc2)cc1.CC(=O)c1noc(C)c1Cc1ccc(CCc2ccc(F)cc2)cc1.CC(=O)c1noc(C)c1Cc1ccc(Cc2ccc(F)cc2)cc1.CCCCCC(Sc1c(C(C)=O)n[nH]c1C)c1ccc(F)cc1. The summed E-state index contributed by atoms with van der Waals surface area (Å²) in [5.74, 6) is 6.83. The number of thioether (sulfide) groups is 1. The summed E-state index contributed by atoms with van der Waals surface area (Å²) in [6, 6.07) is 50.2. The number of nitrogens with zero attached hydrogens (tertiary/aromatic N) is 4. The summed E-state index contributed by atoms with van der Waals surface area (Å²) >= 11 is 1.65. The maximum Gasteiger partial charge on any atom is 0.181 e. The monoisotopic (exact) mass is 1330 g/mol. The number of hydrogen-bond acceptors (Lipinski definition) is 12. The second-order valence-electron chi connectivity index (χ2n) is 23.6. The van der Waals surface area contributed by atoms with Gasteiger partial charge in [0.2, 0.25) is 0 Å². The van der Waals surface area contributed by atoms with Gasteiger partial charge in [0.25, 0.3) is 0 Å². The van der Waals surface area contributed by atoms with Gasteiger partial charge in [-0.1, -0.05) is 151 Å². The lowest BCUT2D eigenvalue weighted by Crippen LogP contribution is -2.00. The number of unbranched alkanes of at least 4 members (excludes halogenated alkanes) is 2. The molecule has 12 nitrogen and oxygen atoms in total. The number of hydrogen-bond donors (Lipinski definition) is 1. The summed E-state index contributed by atoms with van der Waals surface area (Å²) < 4.78 is 67.4. The number of benzene rings is 7. The molecule has 0 amide bonds. The van der Waals surface area contributed by atoms with Crippen LogP contribution in [0.3, 0.4) is 0 Å². The lowest BCUT2D eigenvalue weighted by molar-refractivity contribution is 0.0995. The van der Waals surface area contributed by atoms with Crippen LogP contribution in [0.1, 0.15) is 203 Å². The number of carbonyl (C=O) groups is 4. The number of aryl methyl sites for hydroxylation is 6. The molecule has 4 aromatic heterocycles. The zero-order chi connectivity index (χ0) is 69.5. The second-order valence-corrected chi connectivity index (χ2v) is 24.9. The van der Waals surface area contributed by atoms with Crippen LogP contribution in [0.5, 0.6) is 0 Å². The highest BCUT2D eigenvalue weighted by Gasteiger charge is 2.23. The Morgan fingerprint density at radius 2 is 0.732 bits per heavy atom. The lowest BCUT2D eigenvalue weighted by atomic mass is 9.99. The van der Waals surface area contributed by atoms with Crippen molar-refractivity contribution < 1.29 is 50.3 Å². The maximum absolute atomic E-state index is 13.2. The number of aromatic amines is 1. The van der Waals surface area contributed by atoms with Gasteiger partial charge < -0.3 is 13.6 Å². The van der Waals surface area contributed by atoms with E-state index in [1.54, 1.807) is 43.0 Å². The number of H-pyrrole nitrogens is 1. The van der Waals surface area contributed by atoms with Gasteiger partial charge in [-0.25, -0.2) is 17.6 Å². The van der Waals surface area contributed by atoms with E-state index in [1.807, 2.05) is 81.4 Å². The minimum Gasteiger partial charge on any atom is -0.361 e. The molecule has 0 aliphatic heterocycles. The molecule has 7 aromatic carbocycles. The molecule has 17 heteroatoms. The molecule has 4 heterocycles. The van der Waals surface area contributed by atoms with Crippen LogP contribution in [-0.4, -0.2) is 48.8 Å². The average molecular weight is 1330 g/mol. The molecule has 498 valence electrons.